The number of hydrogen-bond donors (Lipinski definition) is 1. The van der Waals surface area contributed by atoms with Crippen LogP contribution in [-0.4, -0.2) is 17.1 Å². The average Bonchev–Trinajstić information content (AvgIpc) is 2.37. The van der Waals surface area contributed by atoms with Crippen LogP contribution in [0.2, 0.25) is 0 Å². The first-order valence-corrected chi connectivity index (χ1v) is 6.79. The molecule has 4 nitrogen and oxygen atoms in total. The van der Waals surface area contributed by atoms with Crippen LogP contribution in [-0.2, 0) is 0 Å². The number of benzene rings is 1. The number of hydrogen-bond acceptors (Lipinski definition) is 4. The number of aromatic nitrogens is 2. The number of nitrogens with zero attached hydrogens (tertiary/aromatic N) is 2. The maximum atomic E-state index is 5.13. The van der Waals surface area contributed by atoms with Crippen LogP contribution in [0.4, 0.5) is 11.6 Å². The number of halogens is 2. The summed E-state index contributed by atoms with van der Waals surface area (Å²) in [6, 6.07) is 5.95. The molecule has 1 N–H and O–H groups in total. The number of methoxy groups -OCH3 is 1. The summed E-state index contributed by atoms with van der Waals surface area (Å²) in [5, 5.41) is 3.15. The molecule has 2 aromatic rings. The number of nitrogens with one attached hydrogen (secondary N) is 1. The largest absolute Gasteiger partial charge is 0.480 e. The van der Waals surface area contributed by atoms with Crippen LogP contribution in [0.1, 0.15) is 5.56 Å². The van der Waals surface area contributed by atoms with Gasteiger partial charge in [-0.05, 0) is 50.4 Å². The van der Waals surface area contributed by atoms with E-state index in [1.807, 2.05) is 25.1 Å². The van der Waals surface area contributed by atoms with E-state index >= 15 is 0 Å². The van der Waals surface area contributed by atoms with E-state index in [1.165, 1.54) is 0 Å². The van der Waals surface area contributed by atoms with Gasteiger partial charge in [0.2, 0.25) is 11.8 Å². The van der Waals surface area contributed by atoms with Crippen LogP contribution in [0.25, 0.3) is 0 Å². The summed E-state index contributed by atoms with van der Waals surface area (Å²) in [7, 11) is 1.57. The molecule has 0 fully saturated rings. The molecule has 0 spiro atoms. The highest BCUT2D eigenvalue weighted by molar-refractivity contribution is 9.11. The zero-order chi connectivity index (χ0) is 13.1. The third kappa shape index (κ3) is 2.81. The highest BCUT2D eigenvalue weighted by Crippen LogP contribution is 2.29. The molecule has 0 aliphatic rings. The fourth-order valence-electron chi connectivity index (χ4n) is 1.42. The van der Waals surface area contributed by atoms with Gasteiger partial charge in [0, 0.05) is 4.47 Å². The summed E-state index contributed by atoms with van der Waals surface area (Å²) < 4.78 is 6.84. The summed E-state index contributed by atoms with van der Waals surface area (Å²) in [5.41, 5.74) is 2.06. The van der Waals surface area contributed by atoms with Crippen molar-refractivity contribution in [3.8, 4) is 5.88 Å². The van der Waals surface area contributed by atoms with Gasteiger partial charge in [0.05, 0.1) is 23.5 Å². The Morgan fingerprint density at radius 3 is 2.78 bits per heavy atom. The van der Waals surface area contributed by atoms with Crippen molar-refractivity contribution in [3.05, 3.63) is 38.9 Å². The van der Waals surface area contributed by atoms with E-state index in [0.717, 1.165) is 20.2 Å². The summed E-state index contributed by atoms with van der Waals surface area (Å²) in [6.45, 7) is 2.03. The van der Waals surface area contributed by atoms with Crippen LogP contribution < -0.4 is 10.1 Å². The third-order valence-electron chi connectivity index (χ3n) is 2.34. The molecule has 0 saturated carbocycles. The molecule has 0 atom stereocenters. The van der Waals surface area contributed by atoms with Crippen molar-refractivity contribution in [3.63, 3.8) is 0 Å². The fraction of sp³-hybridized carbons (Fsp3) is 0.167. The zero-order valence-corrected chi connectivity index (χ0v) is 13.0. The second-order valence-corrected chi connectivity index (χ2v) is 5.26. The lowest BCUT2D eigenvalue weighted by Gasteiger charge is -2.10. The van der Waals surface area contributed by atoms with Crippen LogP contribution in [0.3, 0.4) is 0 Å². The van der Waals surface area contributed by atoms with Gasteiger partial charge >= 0.3 is 0 Å². The summed E-state index contributed by atoms with van der Waals surface area (Å²) in [6.07, 6.45) is 1.65. The summed E-state index contributed by atoms with van der Waals surface area (Å²) in [5.74, 6) is 0.984. The minimum absolute atomic E-state index is 0.487. The molecule has 0 aliphatic heterocycles. The smallest absolute Gasteiger partial charge is 0.232 e. The highest BCUT2D eigenvalue weighted by Gasteiger charge is 2.07. The molecule has 2 rings (SSSR count). The van der Waals surface area contributed by atoms with Crippen LogP contribution >= 0.6 is 31.9 Å². The lowest BCUT2D eigenvalue weighted by atomic mass is 10.2. The Hall–Kier alpha value is -1.14. The molecule has 0 bridgehead atoms. The zero-order valence-electron chi connectivity index (χ0n) is 9.87. The van der Waals surface area contributed by atoms with Gasteiger partial charge < -0.3 is 10.1 Å². The van der Waals surface area contributed by atoms with Crippen molar-refractivity contribution in [1.82, 2.24) is 9.97 Å². The maximum Gasteiger partial charge on any atom is 0.232 e. The predicted molar refractivity (Wildman–Crippen MR) is 78.4 cm³/mol. The Morgan fingerprint density at radius 2 is 2.06 bits per heavy atom. The Kier molecular flexibility index (Phi) is 4.19. The van der Waals surface area contributed by atoms with Gasteiger partial charge in [0.1, 0.15) is 0 Å². The van der Waals surface area contributed by atoms with Gasteiger partial charge in [-0.3, -0.25) is 0 Å². The number of aryl methyl sites for hydroxylation is 1. The van der Waals surface area contributed by atoms with Crippen molar-refractivity contribution in [2.75, 3.05) is 12.4 Å². The molecule has 6 heteroatoms. The predicted octanol–water partition coefficient (Wildman–Crippen LogP) is 4.06. The topological polar surface area (TPSA) is 47.0 Å². The summed E-state index contributed by atoms with van der Waals surface area (Å²) in [4.78, 5) is 8.43. The van der Waals surface area contributed by atoms with Crippen LogP contribution in [0.15, 0.2) is 33.3 Å². The first kappa shape index (κ1) is 13.3. The molecule has 1 aromatic carbocycles. The normalized spacial score (nSPS) is 10.2. The van der Waals surface area contributed by atoms with E-state index < -0.39 is 0 Å². The van der Waals surface area contributed by atoms with E-state index in [0.29, 0.717) is 11.8 Å². The molecule has 0 aliphatic carbocycles. The number of anilines is 2. The summed E-state index contributed by atoms with van der Waals surface area (Å²) >= 11 is 6.84. The van der Waals surface area contributed by atoms with Gasteiger partial charge in [0.25, 0.3) is 0 Å². The Bertz CT molecular complexity index is 575. The van der Waals surface area contributed by atoms with Crippen LogP contribution in [0, 0.1) is 6.92 Å². The minimum Gasteiger partial charge on any atom is -0.480 e. The molecule has 1 aromatic heterocycles. The number of ether oxygens (including phenoxy) is 1. The van der Waals surface area contributed by atoms with Crippen molar-refractivity contribution in [2.24, 2.45) is 0 Å². The van der Waals surface area contributed by atoms with E-state index in [4.69, 9.17) is 4.74 Å². The average molecular weight is 373 g/mol. The molecule has 18 heavy (non-hydrogen) atoms. The van der Waals surface area contributed by atoms with E-state index in [2.05, 4.69) is 47.1 Å². The minimum atomic E-state index is 0.487. The first-order chi connectivity index (χ1) is 8.61. The van der Waals surface area contributed by atoms with Gasteiger partial charge in [-0.2, -0.15) is 4.98 Å². The van der Waals surface area contributed by atoms with E-state index in [-0.39, 0.29) is 0 Å². The fourth-order valence-corrected chi connectivity index (χ4v) is 2.14. The molecule has 0 amide bonds. The molecule has 0 radical (unpaired) electrons. The Morgan fingerprint density at radius 1 is 1.28 bits per heavy atom. The van der Waals surface area contributed by atoms with Crippen molar-refractivity contribution < 1.29 is 4.74 Å². The quantitative estimate of drug-likeness (QED) is 0.882. The lowest BCUT2D eigenvalue weighted by Crippen LogP contribution is -2.00. The van der Waals surface area contributed by atoms with Crippen molar-refractivity contribution >= 4 is 43.5 Å². The number of rotatable bonds is 3. The maximum absolute atomic E-state index is 5.13. The van der Waals surface area contributed by atoms with Crippen molar-refractivity contribution in [1.29, 1.82) is 0 Å². The van der Waals surface area contributed by atoms with Gasteiger partial charge in [-0.15, -0.1) is 0 Å². The molecular weight excluding hydrogens is 362 g/mol. The van der Waals surface area contributed by atoms with Crippen LogP contribution in [0.5, 0.6) is 5.88 Å². The lowest BCUT2D eigenvalue weighted by molar-refractivity contribution is 0.394. The van der Waals surface area contributed by atoms with E-state index in [1.54, 1.807) is 13.3 Å². The van der Waals surface area contributed by atoms with Gasteiger partial charge in [0.15, 0.2) is 0 Å². The molecule has 0 saturated heterocycles. The molecule has 94 valence electrons. The van der Waals surface area contributed by atoms with Gasteiger partial charge in [-0.1, -0.05) is 12.1 Å². The first-order valence-electron chi connectivity index (χ1n) is 5.20. The molecule has 1 heterocycles. The Balaban J connectivity index is 2.31. The Labute approximate surface area is 122 Å². The second kappa shape index (κ2) is 5.67. The van der Waals surface area contributed by atoms with Crippen molar-refractivity contribution in [2.45, 2.75) is 6.92 Å². The second-order valence-electron chi connectivity index (χ2n) is 3.61. The molecular formula is C12H11Br2N3O. The monoisotopic (exact) mass is 371 g/mol. The standard InChI is InChI=1S/C12H11Br2N3O/c1-7-4-3-5-9(10(7)14)16-12-15-6-8(13)11(17-12)18-2/h3-6H,1-2H3,(H,15,16,17). The third-order valence-corrected chi connectivity index (χ3v) is 3.94. The molecule has 0 unspecified atom stereocenters. The van der Waals surface area contributed by atoms with Gasteiger partial charge in [-0.25, -0.2) is 4.98 Å². The highest BCUT2D eigenvalue weighted by atomic mass is 79.9. The SMILES string of the molecule is COc1nc(Nc2cccc(C)c2Br)ncc1Br. The van der Waals surface area contributed by atoms with E-state index in [9.17, 15) is 0 Å².